The van der Waals surface area contributed by atoms with Crippen molar-refractivity contribution in [2.45, 2.75) is 18.9 Å². The van der Waals surface area contributed by atoms with Gasteiger partial charge in [0, 0.05) is 40.4 Å². The van der Waals surface area contributed by atoms with Crippen LogP contribution in [0.5, 0.6) is 0 Å². The molecule has 204 valence electrons. The molecular formula is C28H26Cl3N3O4S. The molecule has 11 heteroatoms. The summed E-state index contributed by atoms with van der Waals surface area (Å²) in [6.07, 6.45) is 1.53. The zero-order chi connectivity index (χ0) is 27.7. The van der Waals surface area contributed by atoms with Gasteiger partial charge in [0.15, 0.2) is 0 Å². The van der Waals surface area contributed by atoms with Gasteiger partial charge in [0.05, 0.1) is 22.9 Å². The number of sulfonamides is 1. The number of rotatable bonds is 8. The summed E-state index contributed by atoms with van der Waals surface area (Å²) in [4.78, 5) is 28.3. The number of carbonyl (C=O) groups excluding carboxylic acids is 2. The molecule has 2 aliphatic heterocycles. The van der Waals surface area contributed by atoms with Gasteiger partial charge in [-0.2, -0.15) is 0 Å². The number of hydrogen-bond acceptors (Lipinski definition) is 5. The van der Waals surface area contributed by atoms with E-state index in [1.807, 2.05) is 36.4 Å². The quantitative estimate of drug-likeness (QED) is 0.327. The number of carbonyl (C=O) groups is 2. The third-order valence-corrected chi connectivity index (χ3v) is 9.35. The predicted molar refractivity (Wildman–Crippen MR) is 154 cm³/mol. The molecule has 5 rings (SSSR count). The number of piperidine rings is 1. The van der Waals surface area contributed by atoms with E-state index in [0.29, 0.717) is 32.7 Å². The Hall–Kier alpha value is -2.62. The van der Waals surface area contributed by atoms with Gasteiger partial charge in [-0.3, -0.25) is 14.5 Å². The van der Waals surface area contributed by atoms with Crippen molar-refractivity contribution in [1.29, 1.82) is 0 Å². The third kappa shape index (κ3) is 6.10. The van der Waals surface area contributed by atoms with Crippen molar-refractivity contribution in [2.75, 3.05) is 30.3 Å². The van der Waals surface area contributed by atoms with Crippen molar-refractivity contribution in [2.24, 2.45) is 5.92 Å². The SMILES string of the molecule is O=C1c2ccccc2C(=O)N1CCS(=O)(=O)NC[C@@H]1CC[C@@H](c2ccc(Cl)cc2Cl)N(c2ccc(Cl)cc2)C1. The van der Waals surface area contributed by atoms with Crippen molar-refractivity contribution < 1.29 is 18.0 Å². The summed E-state index contributed by atoms with van der Waals surface area (Å²) in [6.45, 7) is 0.613. The molecule has 2 aliphatic rings. The number of halogens is 3. The minimum atomic E-state index is -3.74. The topological polar surface area (TPSA) is 86.8 Å². The first-order valence-corrected chi connectivity index (χ1v) is 15.3. The molecule has 0 saturated carbocycles. The normalized spacial score (nSPS) is 19.5. The Kier molecular flexibility index (Phi) is 8.21. The monoisotopic (exact) mass is 605 g/mol. The molecule has 0 aliphatic carbocycles. The van der Waals surface area contributed by atoms with Crippen LogP contribution >= 0.6 is 34.8 Å². The Labute approximate surface area is 242 Å². The second-order valence-corrected chi connectivity index (χ2v) is 12.9. The number of imide groups is 1. The average Bonchev–Trinajstić information content (AvgIpc) is 3.16. The van der Waals surface area contributed by atoms with Crippen LogP contribution in [0.4, 0.5) is 5.69 Å². The number of nitrogens with zero attached hydrogens (tertiary/aromatic N) is 2. The fourth-order valence-electron chi connectivity index (χ4n) is 5.20. The van der Waals surface area contributed by atoms with E-state index in [9.17, 15) is 18.0 Å². The molecule has 39 heavy (non-hydrogen) atoms. The van der Waals surface area contributed by atoms with Crippen molar-refractivity contribution in [1.82, 2.24) is 9.62 Å². The molecule has 3 aromatic carbocycles. The second-order valence-electron chi connectivity index (χ2n) is 9.73. The lowest BCUT2D eigenvalue weighted by Gasteiger charge is -2.42. The summed E-state index contributed by atoms with van der Waals surface area (Å²) < 4.78 is 28.4. The maximum absolute atomic E-state index is 12.8. The predicted octanol–water partition coefficient (Wildman–Crippen LogP) is 5.82. The molecule has 0 unspecified atom stereocenters. The number of hydrogen-bond donors (Lipinski definition) is 1. The van der Waals surface area contributed by atoms with Gasteiger partial charge < -0.3 is 4.90 Å². The van der Waals surface area contributed by atoms with Gasteiger partial charge >= 0.3 is 0 Å². The van der Waals surface area contributed by atoms with Crippen LogP contribution in [0, 0.1) is 5.92 Å². The Morgan fingerprint density at radius 3 is 2.13 bits per heavy atom. The summed E-state index contributed by atoms with van der Waals surface area (Å²) >= 11 is 18.8. The first-order valence-electron chi connectivity index (χ1n) is 12.5. The molecule has 0 aromatic heterocycles. The van der Waals surface area contributed by atoms with Crippen LogP contribution in [0.25, 0.3) is 0 Å². The number of nitrogens with one attached hydrogen (secondary N) is 1. The maximum atomic E-state index is 12.8. The highest BCUT2D eigenvalue weighted by atomic mass is 35.5. The van der Waals surface area contributed by atoms with Gasteiger partial charge in [-0.05, 0) is 72.9 Å². The van der Waals surface area contributed by atoms with Crippen molar-refractivity contribution in [3.8, 4) is 0 Å². The lowest BCUT2D eigenvalue weighted by molar-refractivity contribution is 0.0664. The molecule has 2 heterocycles. The standard InChI is InChI=1S/C28H26Cl3N3O4S/c29-19-6-9-21(10-7-19)34-17-18(5-12-26(34)24-11-8-20(30)15-25(24)31)16-32-39(37,38)14-13-33-27(35)22-3-1-2-4-23(22)28(33)36/h1-4,6-11,15,18,26,32H,5,12-14,16-17H2/t18-,26-/m0/s1. The number of amides is 2. The summed E-state index contributed by atoms with van der Waals surface area (Å²) in [5.74, 6) is -1.28. The van der Waals surface area contributed by atoms with E-state index in [1.165, 1.54) is 0 Å². The fraction of sp³-hybridized carbons (Fsp3) is 0.286. The van der Waals surface area contributed by atoms with E-state index in [-0.39, 0.29) is 30.8 Å². The molecule has 1 fully saturated rings. The van der Waals surface area contributed by atoms with Crippen molar-refractivity contribution in [3.63, 3.8) is 0 Å². The lowest BCUT2D eigenvalue weighted by Crippen LogP contribution is -2.44. The van der Waals surface area contributed by atoms with Gasteiger partial charge in [-0.1, -0.05) is 53.0 Å². The zero-order valence-corrected chi connectivity index (χ0v) is 23.9. The maximum Gasteiger partial charge on any atom is 0.261 e. The Balaban J connectivity index is 1.24. The van der Waals surface area contributed by atoms with E-state index in [1.54, 1.807) is 30.3 Å². The first kappa shape index (κ1) is 27.9. The molecule has 0 bridgehead atoms. The number of fused-ring (bicyclic) bond motifs is 1. The van der Waals surface area contributed by atoms with Crippen LogP contribution in [0.3, 0.4) is 0 Å². The highest BCUT2D eigenvalue weighted by Crippen LogP contribution is 2.40. The lowest BCUT2D eigenvalue weighted by atomic mass is 9.88. The molecule has 2 amide bonds. The van der Waals surface area contributed by atoms with Crippen LogP contribution in [-0.2, 0) is 10.0 Å². The molecule has 0 spiro atoms. The van der Waals surface area contributed by atoms with Gasteiger partial charge in [-0.25, -0.2) is 13.1 Å². The largest absolute Gasteiger partial charge is 0.364 e. The van der Waals surface area contributed by atoms with Gasteiger partial charge in [0.2, 0.25) is 10.0 Å². The molecule has 0 radical (unpaired) electrons. The van der Waals surface area contributed by atoms with E-state index in [0.717, 1.165) is 29.0 Å². The van der Waals surface area contributed by atoms with Gasteiger partial charge in [-0.15, -0.1) is 0 Å². The highest BCUT2D eigenvalue weighted by Gasteiger charge is 2.36. The van der Waals surface area contributed by atoms with E-state index >= 15 is 0 Å². The van der Waals surface area contributed by atoms with Gasteiger partial charge in [0.25, 0.3) is 11.8 Å². The first-order chi connectivity index (χ1) is 18.6. The average molecular weight is 607 g/mol. The zero-order valence-electron chi connectivity index (χ0n) is 20.8. The van der Waals surface area contributed by atoms with Crippen molar-refractivity contribution >= 4 is 62.3 Å². The van der Waals surface area contributed by atoms with Gasteiger partial charge in [0.1, 0.15) is 0 Å². The van der Waals surface area contributed by atoms with E-state index < -0.39 is 21.8 Å². The second kappa shape index (κ2) is 11.5. The summed E-state index contributed by atoms with van der Waals surface area (Å²) in [6, 6.07) is 19.5. The molecule has 3 aromatic rings. The minimum Gasteiger partial charge on any atom is -0.364 e. The highest BCUT2D eigenvalue weighted by molar-refractivity contribution is 7.89. The van der Waals surface area contributed by atoms with Crippen molar-refractivity contribution in [3.05, 3.63) is 98.5 Å². The van der Waals surface area contributed by atoms with Crippen LogP contribution in [0.2, 0.25) is 15.1 Å². The molecular weight excluding hydrogens is 581 g/mol. The number of anilines is 1. The van der Waals surface area contributed by atoms with E-state index in [4.69, 9.17) is 34.8 Å². The molecule has 2 atom stereocenters. The molecule has 7 nitrogen and oxygen atoms in total. The van der Waals surface area contributed by atoms with Crippen LogP contribution in [-0.4, -0.2) is 50.5 Å². The molecule has 1 saturated heterocycles. The minimum absolute atomic E-state index is 0.0161. The van der Waals surface area contributed by atoms with Crippen LogP contribution in [0.15, 0.2) is 66.7 Å². The Bertz CT molecular complexity index is 1480. The fourth-order valence-corrected chi connectivity index (χ4v) is 6.91. The van der Waals surface area contributed by atoms with Crippen LogP contribution < -0.4 is 9.62 Å². The third-order valence-electron chi connectivity index (χ3n) is 7.21. The molecule has 1 N–H and O–H groups in total. The van der Waals surface area contributed by atoms with E-state index in [2.05, 4.69) is 9.62 Å². The Morgan fingerprint density at radius 1 is 0.846 bits per heavy atom. The Morgan fingerprint density at radius 2 is 1.49 bits per heavy atom. The number of benzene rings is 3. The smallest absolute Gasteiger partial charge is 0.261 e. The van der Waals surface area contributed by atoms with Crippen LogP contribution in [0.1, 0.15) is 45.2 Å². The summed E-state index contributed by atoms with van der Waals surface area (Å²) in [5, 5.41) is 1.77. The summed E-state index contributed by atoms with van der Waals surface area (Å²) in [7, 11) is -3.74. The summed E-state index contributed by atoms with van der Waals surface area (Å²) in [5.41, 5.74) is 2.50.